The second kappa shape index (κ2) is 7.76. The van der Waals surface area contributed by atoms with Crippen LogP contribution in [0.15, 0.2) is 42.2 Å². The number of carbonyl (C=O) groups excluding carboxylic acids is 2. The quantitative estimate of drug-likeness (QED) is 0.767. The van der Waals surface area contributed by atoms with Crippen molar-refractivity contribution in [3.63, 3.8) is 0 Å². The van der Waals surface area contributed by atoms with Crippen LogP contribution in [0.25, 0.3) is 5.57 Å². The van der Waals surface area contributed by atoms with E-state index in [9.17, 15) is 14.7 Å². The van der Waals surface area contributed by atoms with Gasteiger partial charge in [-0.05, 0) is 56.5 Å². The maximum absolute atomic E-state index is 13.0. The van der Waals surface area contributed by atoms with E-state index in [1.807, 2.05) is 33.8 Å². The standard InChI is InChI=1S/C22H23NO5/c1-5-27-17-10-9-16(12-18(17)28-6-2)23-21(25)19(20(24)22(23)26)15-8-7-13(3)14(4)11-15/h7-12,24H,5-6H2,1-4H3. The van der Waals surface area contributed by atoms with Gasteiger partial charge in [-0.1, -0.05) is 18.2 Å². The first-order valence-electron chi connectivity index (χ1n) is 9.18. The second-order valence-corrected chi connectivity index (χ2v) is 6.47. The van der Waals surface area contributed by atoms with Gasteiger partial charge in [-0.25, -0.2) is 4.90 Å². The Morgan fingerprint density at radius 2 is 1.54 bits per heavy atom. The van der Waals surface area contributed by atoms with Gasteiger partial charge in [0.1, 0.15) is 0 Å². The molecule has 0 aliphatic carbocycles. The van der Waals surface area contributed by atoms with Gasteiger partial charge >= 0.3 is 5.91 Å². The van der Waals surface area contributed by atoms with Crippen molar-refractivity contribution in [1.29, 1.82) is 0 Å². The van der Waals surface area contributed by atoms with Crippen LogP contribution in [0.4, 0.5) is 5.69 Å². The predicted octanol–water partition coefficient (Wildman–Crippen LogP) is 3.94. The lowest BCUT2D eigenvalue weighted by atomic mass is 10.00. The lowest BCUT2D eigenvalue weighted by Crippen LogP contribution is -2.31. The van der Waals surface area contributed by atoms with Crippen molar-refractivity contribution in [1.82, 2.24) is 0 Å². The highest BCUT2D eigenvalue weighted by molar-refractivity contribution is 6.44. The lowest BCUT2D eigenvalue weighted by Gasteiger charge is -2.18. The smallest absolute Gasteiger partial charge is 0.301 e. The molecule has 0 unspecified atom stereocenters. The fourth-order valence-corrected chi connectivity index (χ4v) is 3.09. The van der Waals surface area contributed by atoms with Crippen molar-refractivity contribution >= 4 is 23.1 Å². The predicted molar refractivity (Wildman–Crippen MR) is 107 cm³/mol. The SMILES string of the molecule is CCOc1ccc(N2C(=O)C(O)=C(c3ccc(C)c(C)c3)C2=O)cc1OCC. The summed E-state index contributed by atoms with van der Waals surface area (Å²) in [5.41, 5.74) is 2.85. The molecule has 0 bridgehead atoms. The molecule has 28 heavy (non-hydrogen) atoms. The van der Waals surface area contributed by atoms with Gasteiger partial charge in [-0.2, -0.15) is 0 Å². The minimum atomic E-state index is -0.759. The molecular formula is C22H23NO5. The van der Waals surface area contributed by atoms with Gasteiger partial charge in [0.15, 0.2) is 17.3 Å². The van der Waals surface area contributed by atoms with Gasteiger partial charge in [-0.3, -0.25) is 9.59 Å². The molecule has 0 saturated carbocycles. The van der Waals surface area contributed by atoms with Gasteiger partial charge in [0.05, 0.1) is 24.5 Å². The molecule has 1 N–H and O–H groups in total. The molecule has 0 saturated heterocycles. The molecule has 1 aliphatic heterocycles. The Balaban J connectivity index is 2.01. The van der Waals surface area contributed by atoms with E-state index >= 15 is 0 Å². The largest absolute Gasteiger partial charge is 0.502 e. The van der Waals surface area contributed by atoms with Crippen LogP contribution < -0.4 is 14.4 Å². The highest BCUT2D eigenvalue weighted by atomic mass is 16.5. The summed E-state index contributed by atoms with van der Waals surface area (Å²) in [6, 6.07) is 10.2. The van der Waals surface area contributed by atoms with Crippen LogP contribution in [-0.2, 0) is 9.59 Å². The van der Waals surface area contributed by atoms with E-state index in [1.54, 1.807) is 30.3 Å². The Bertz CT molecular complexity index is 977. The number of anilines is 1. The van der Waals surface area contributed by atoms with Crippen LogP contribution >= 0.6 is 0 Å². The number of aliphatic hydroxyl groups excluding tert-OH is 1. The molecular weight excluding hydrogens is 358 g/mol. The van der Waals surface area contributed by atoms with Gasteiger partial charge in [-0.15, -0.1) is 0 Å². The first kappa shape index (κ1) is 19.5. The molecule has 3 rings (SSSR count). The van der Waals surface area contributed by atoms with E-state index in [0.29, 0.717) is 36.0 Å². The topological polar surface area (TPSA) is 76.1 Å². The number of aryl methyl sites for hydroxylation is 2. The summed E-state index contributed by atoms with van der Waals surface area (Å²) in [5.74, 6) is -0.928. The molecule has 2 aromatic carbocycles. The average molecular weight is 381 g/mol. The summed E-state index contributed by atoms with van der Waals surface area (Å²) in [5, 5.41) is 10.4. The maximum atomic E-state index is 13.0. The molecule has 0 fully saturated rings. The van der Waals surface area contributed by atoms with Crippen LogP contribution in [0.3, 0.4) is 0 Å². The Labute approximate surface area is 164 Å². The molecule has 1 aliphatic rings. The molecule has 0 atom stereocenters. The van der Waals surface area contributed by atoms with Gasteiger partial charge in [0.25, 0.3) is 5.91 Å². The fourth-order valence-electron chi connectivity index (χ4n) is 3.09. The van der Waals surface area contributed by atoms with E-state index in [4.69, 9.17) is 9.47 Å². The second-order valence-electron chi connectivity index (χ2n) is 6.47. The third-order valence-electron chi connectivity index (χ3n) is 4.64. The molecule has 1 heterocycles. The van der Waals surface area contributed by atoms with Crippen molar-refractivity contribution in [3.8, 4) is 11.5 Å². The van der Waals surface area contributed by atoms with Crippen molar-refractivity contribution in [3.05, 3.63) is 58.8 Å². The number of aliphatic hydroxyl groups is 1. The monoisotopic (exact) mass is 381 g/mol. The van der Waals surface area contributed by atoms with Gasteiger partial charge in [0.2, 0.25) is 0 Å². The van der Waals surface area contributed by atoms with E-state index in [0.717, 1.165) is 16.0 Å². The normalized spacial score (nSPS) is 14.1. The summed E-state index contributed by atoms with van der Waals surface area (Å²) >= 11 is 0. The van der Waals surface area contributed by atoms with E-state index in [-0.39, 0.29) is 5.57 Å². The number of ether oxygens (including phenoxy) is 2. The van der Waals surface area contributed by atoms with Gasteiger partial charge in [0, 0.05) is 6.07 Å². The minimum absolute atomic E-state index is 0.0000513. The fraction of sp³-hybridized carbons (Fsp3) is 0.273. The van der Waals surface area contributed by atoms with Crippen LogP contribution in [0, 0.1) is 13.8 Å². The molecule has 0 spiro atoms. The highest BCUT2D eigenvalue weighted by Crippen LogP contribution is 2.37. The maximum Gasteiger partial charge on any atom is 0.301 e. The zero-order valence-corrected chi connectivity index (χ0v) is 16.4. The molecule has 2 aromatic rings. The molecule has 0 aromatic heterocycles. The first-order valence-corrected chi connectivity index (χ1v) is 9.18. The minimum Gasteiger partial charge on any atom is -0.502 e. The van der Waals surface area contributed by atoms with E-state index in [2.05, 4.69) is 0 Å². The zero-order chi connectivity index (χ0) is 20.4. The highest BCUT2D eigenvalue weighted by Gasteiger charge is 2.40. The number of rotatable bonds is 6. The molecule has 6 heteroatoms. The van der Waals surface area contributed by atoms with Crippen molar-refractivity contribution in [2.75, 3.05) is 18.1 Å². The summed E-state index contributed by atoms with van der Waals surface area (Å²) in [6.07, 6.45) is 0. The molecule has 0 radical (unpaired) electrons. The van der Waals surface area contributed by atoms with E-state index in [1.165, 1.54) is 0 Å². The Hall–Kier alpha value is -3.28. The van der Waals surface area contributed by atoms with Crippen molar-refractivity contribution in [2.45, 2.75) is 27.7 Å². The number of carbonyl (C=O) groups is 2. The summed E-state index contributed by atoms with van der Waals surface area (Å²) in [7, 11) is 0. The Morgan fingerprint density at radius 1 is 0.857 bits per heavy atom. The average Bonchev–Trinajstić information content (AvgIpc) is 2.88. The lowest BCUT2D eigenvalue weighted by molar-refractivity contribution is -0.121. The van der Waals surface area contributed by atoms with Crippen molar-refractivity contribution < 1.29 is 24.2 Å². The third-order valence-corrected chi connectivity index (χ3v) is 4.64. The summed E-state index contributed by atoms with van der Waals surface area (Å²) in [6.45, 7) is 8.42. The van der Waals surface area contributed by atoms with Crippen LogP contribution in [0.5, 0.6) is 11.5 Å². The summed E-state index contributed by atoms with van der Waals surface area (Å²) in [4.78, 5) is 26.6. The number of nitrogens with zero attached hydrogens (tertiary/aromatic N) is 1. The number of hydrogen-bond acceptors (Lipinski definition) is 5. The van der Waals surface area contributed by atoms with Crippen LogP contribution in [-0.4, -0.2) is 30.1 Å². The first-order chi connectivity index (χ1) is 13.4. The number of imide groups is 1. The number of benzene rings is 2. The third kappa shape index (κ3) is 3.33. The summed E-state index contributed by atoms with van der Waals surface area (Å²) < 4.78 is 11.1. The van der Waals surface area contributed by atoms with E-state index < -0.39 is 17.6 Å². The molecule has 146 valence electrons. The van der Waals surface area contributed by atoms with Crippen LogP contribution in [0.2, 0.25) is 0 Å². The molecule has 6 nitrogen and oxygen atoms in total. The van der Waals surface area contributed by atoms with Crippen molar-refractivity contribution in [2.24, 2.45) is 0 Å². The Kier molecular flexibility index (Phi) is 5.40. The number of hydrogen-bond donors (Lipinski definition) is 1. The van der Waals surface area contributed by atoms with Crippen LogP contribution in [0.1, 0.15) is 30.5 Å². The zero-order valence-electron chi connectivity index (χ0n) is 16.4. The van der Waals surface area contributed by atoms with Gasteiger partial charge < -0.3 is 14.6 Å². The Morgan fingerprint density at radius 3 is 2.18 bits per heavy atom. The number of amides is 2. The molecule has 2 amide bonds.